The fourth-order valence-electron chi connectivity index (χ4n) is 1.05. The topological polar surface area (TPSA) is 121 Å². The number of aliphatic hydroxyl groups is 6. The van der Waals surface area contributed by atoms with E-state index in [1.165, 1.54) is 0 Å². The molecule has 0 bridgehead atoms. The van der Waals surface area contributed by atoms with Gasteiger partial charge in [-0.2, -0.15) is 0 Å². The molecule has 6 heteroatoms. The average molecular weight is 210 g/mol. The van der Waals surface area contributed by atoms with Crippen LogP contribution in [0.3, 0.4) is 0 Å². The molecule has 0 saturated carbocycles. The predicted octanol–water partition coefficient (Wildman–Crippen LogP) is -2.81. The van der Waals surface area contributed by atoms with Crippen molar-refractivity contribution in [3.05, 3.63) is 0 Å². The average Bonchev–Trinajstić information content (AvgIpc) is 2.16. The highest BCUT2D eigenvalue weighted by atomic mass is 16.4. The van der Waals surface area contributed by atoms with Crippen LogP contribution < -0.4 is 0 Å². The van der Waals surface area contributed by atoms with Crippen molar-refractivity contribution in [2.75, 3.05) is 13.2 Å². The first-order valence-corrected chi connectivity index (χ1v) is 4.46. The molecule has 0 saturated heterocycles. The fraction of sp³-hybridized carbons (Fsp3) is 1.00. The Morgan fingerprint density at radius 2 is 1.43 bits per heavy atom. The molecule has 0 rings (SSSR count). The Morgan fingerprint density at radius 3 is 1.86 bits per heavy atom. The molecule has 0 fully saturated rings. The van der Waals surface area contributed by atoms with Crippen molar-refractivity contribution in [2.45, 2.75) is 37.3 Å². The first-order chi connectivity index (χ1) is 6.52. The van der Waals surface area contributed by atoms with Crippen molar-refractivity contribution < 1.29 is 30.6 Å². The second kappa shape index (κ2) is 7.10. The van der Waals surface area contributed by atoms with Crippen LogP contribution in [0.25, 0.3) is 0 Å². The SMILES string of the molecule is OCCC(O)C(O)C(O)CC(O)CO. The number of hydrogen-bond donors (Lipinski definition) is 6. The Kier molecular flexibility index (Phi) is 6.98. The molecule has 0 amide bonds. The zero-order valence-electron chi connectivity index (χ0n) is 7.82. The normalized spacial score (nSPS) is 20.1. The molecule has 0 spiro atoms. The van der Waals surface area contributed by atoms with Crippen LogP contribution in [-0.4, -0.2) is 68.3 Å². The van der Waals surface area contributed by atoms with Gasteiger partial charge in [0.15, 0.2) is 0 Å². The second-order valence-corrected chi connectivity index (χ2v) is 3.21. The minimum atomic E-state index is -1.43. The van der Waals surface area contributed by atoms with Gasteiger partial charge in [-0.3, -0.25) is 0 Å². The number of hydrogen-bond acceptors (Lipinski definition) is 6. The largest absolute Gasteiger partial charge is 0.396 e. The van der Waals surface area contributed by atoms with Crippen LogP contribution in [0.4, 0.5) is 0 Å². The highest BCUT2D eigenvalue weighted by Crippen LogP contribution is 2.09. The van der Waals surface area contributed by atoms with Gasteiger partial charge in [-0.25, -0.2) is 0 Å². The fourth-order valence-corrected chi connectivity index (χ4v) is 1.05. The van der Waals surface area contributed by atoms with Crippen molar-refractivity contribution in [1.29, 1.82) is 0 Å². The van der Waals surface area contributed by atoms with Crippen LogP contribution in [0.5, 0.6) is 0 Å². The summed E-state index contributed by atoms with van der Waals surface area (Å²) in [6.07, 6.45) is -5.38. The van der Waals surface area contributed by atoms with E-state index in [1.807, 2.05) is 0 Å². The highest BCUT2D eigenvalue weighted by Gasteiger charge is 2.25. The van der Waals surface area contributed by atoms with E-state index >= 15 is 0 Å². The van der Waals surface area contributed by atoms with Gasteiger partial charge >= 0.3 is 0 Å². The van der Waals surface area contributed by atoms with Crippen LogP contribution in [0.15, 0.2) is 0 Å². The molecule has 6 N–H and O–H groups in total. The first-order valence-electron chi connectivity index (χ1n) is 4.46. The standard InChI is InChI=1S/C8H18O6/c9-2-1-6(12)8(14)7(13)3-5(11)4-10/h5-14H,1-4H2. The minimum absolute atomic E-state index is 0.0482. The predicted molar refractivity (Wildman–Crippen MR) is 47.4 cm³/mol. The van der Waals surface area contributed by atoms with Gasteiger partial charge in [0.1, 0.15) is 6.10 Å². The molecular weight excluding hydrogens is 192 g/mol. The summed E-state index contributed by atoms with van der Waals surface area (Å²) < 4.78 is 0. The highest BCUT2D eigenvalue weighted by molar-refractivity contribution is 4.77. The van der Waals surface area contributed by atoms with E-state index < -0.39 is 31.0 Å². The molecule has 0 aromatic heterocycles. The van der Waals surface area contributed by atoms with Gasteiger partial charge in [-0.15, -0.1) is 0 Å². The third-order valence-electron chi connectivity index (χ3n) is 1.94. The maximum absolute atomic E-state index is 9.26. The van der Waals surface area contributed by atoms with Crippen molar-refractivity contribution in [1.82, 2.24) is 0 Å². The van der Waals surface area contributed by atoms with E-state index in [0.29, 0.717) is 0 Å². The third kappa shape index (κ3) is 4.85. The van der Waals surface area contributed by atoms with Gasteiger partial charge in [-0.05, 0) is 6.42 Å². The summed E-state index contributed by atoms with van der Waals surface area (Å²) in [5, 5.41) is 53.5. The number of rotatable bonds is 7. The van der Waals surface area contributed by atoms with Crippen molar-refractivity contribution in [3.8, 4) is 0 Å². The molecule has 14 heavy (non-hydrogen) atoms. The molecule has 0 aliphatic rings. The van der Waals surface area contributed by atoms with Gasteiger partial charge in [0.2, 0.25) is 0 Å². The molecule has 6 nitrogen and oxygen atoms in total. The summed E-state index contributed by atoms with van der Waals surface area (Å²) in [5.74, 6) is 0. The third-order valence-corrected chi connectivity index (χ3v) is 1.94. The summed E-state index contributed by atoms with van der Waals surface area (Å²) in [6.45, 7) is -0.812. The molecule has 0 aliphatic heterocycles. The molecule has 4 atom stereocenters. The summed E-state index contributed by atoms with van der Waals surface area (Å²) in [6, 6.07) is 0. The number of aliphatic hydroxyl groups excluding tert-OH is 6. The van der Waals surface area contributed by atoms with E-state index in [9.17, 15) is 10.2 Å². The minimum Gasteiger partial charge on any atom is -0.396 e. The van der Waals surface area contributed by atoms with Gasteiger partial charge in [0, 0.05) is 13.0 Å². The molecule has 0 aromatic rings. The van der Waals surface area contributed by atoms with Crippen molar-refractivity contribution in [3.63, 3.8) is 0 Å². The lowest BCUT2D eigenvalue weighted by Crippen LogP contribution is -2.40. The van der Waals surface area contributed by atoms with Crippen LogP contribution in [-0.2, 0) is 0 Å². The van der Waals surface area contributed by atoms with Crippen molar-refractivity contribution >= 4 is 0 Å². The zero-order chi connectivity index (χ0) is 11.1. The molecule has 0 heterocycles. The lowest BCUT2D eigenvalue weighted by Gasteiger charge is -2.23. The molecule has 0 aliphatic carbocycles. The molecule has 4 unspecified atom stereocenters. The quantitative estimate of drug-likeness (QED) is 0.270. The van der Waals surface area contributed by atoms with E-state index in [-0.39, 0.29) is 19.4 Å². The Balaban J connectivity index is 3.90. The van der Waals surface area contributed by atoms with Crippen LogP contribution in [0.1, 0.15) is 12.8 Å². The maximum Gasteiger partial charge on any atom is 0.106 e. The molecule has 86 valence electrons. The molecule has 0 radical (unpaired) electrons. The Morgan fingerprint density at radius 1 is 0.857 bits per heavy atom. The lowest BCUT2D eigenvalue weighted by atomic mass is 10.0. The summed E-state index contributed by atoms with van der Waals surface area (Å²) in [4.78, 5) is 0. The monoisotopic (exact) mass is 210 g/mol. The summed E-state index contributed by atoms with van der Waals surface area (Å²) in [7, 11) is 0. The first kappa shape index (κ1) is 13.8. The van der Waals surface area contributed by atoms with Crippen LogP contribution in [0, 0.1) is 0 Å². The Bertz CT molecular complexity index is 142. The van der Waals surface area contributed by atoms with Crippen molar-refractivity contribution in [2.24, 2.45) is 0 Å². The Hall–Kier alpha value is -0.240. The smallest absolute Gasteiger partial charge is 0.106 e. The zero-order valence-corrected chi connectivity index (χ0v) is 7.82. The molecular formula is C8H18O6. The van der Waals surface area contributed by atoms with E-state index in [4.69, 9.17) is 20.4 Å². The maximum atomic E-state index is 9.26. The van der Waals surface area contributed by atoms with Crippen LogP contribution >= 0.6 is 0 Å². The summed E-state index contributed by atoms with van der Waals surface area (Å²) >= 11 is 0. The lowest BCUT2D eigenvalue weighted by molar-refractivity contribution is -0.0823. The van der Waals surface area contributed by atoms with Gasteiger partial charge in [-0.1, -0.05) is 0 Å². The van der Waals surface area contributed by atoms with Crippen LogP contribution in [0.2, 0.25) is 0 Å². The van der Waals surface area contributed by atoms with E-state index in [2.05, 4.69) is 0 Å². The van der Waals surface area contributed by atoms with E-state index in [0.717, 1.165) is 0 Å². The summed E-state index contributed by atoms with van der Waals surface area (Å²) in [5.41, 5.74) is 0. The second-order valence-electron chi connectivity index (χ2n) is 3.21. The Labute approximate surface area is 82.1 Å². The van der Waals surface area contributed by atoms with Gasteiger partial charge in [0.05, 0.1) is 24.9 Å². The molecule has 0 aromatic carbocycles. The van der Waals surface area contributed by atoms with E-state index in [1.54, 1.807) is 0 Å². The van der Waals surface area contributed by atoms with Gasteiger partial charge in [0.25, 0.3) is 0 Å². The van der Waals surface area contributed by atoms with Gasteiger partial charge < -0.3 is 30.6 Å².